The number of nitrogens with zero attached hydrogens (tertiary/aromatic N) is 4. The number of aryl methyl sites for hydroxylation is 2. The van der Waals surface area contributed by atoms with E-state index in [-0.39, 0.29) is 19.0 Å². The van der Waals surface area contributed by atoms with Gasteiger partial charge in [0, 0.05) is 31.4 Å². The second kappa shape index (κ2) is 6.51. The van der Waals surface area contributed by atoms with Gasteiger partial charge in [-0.2, -0.15) is 10.2 Å². The Morgan fingerprint density at radius 1 is 1.42 bits per heavy atom. The summed E-state index contributed by atoms with van der Waals surface area (Å²) in [7, 11) is 1.84. The van der Waals surface area contributed by atoms with Crippen LogP contribution >= 0.6 is 12.4 Å². The molecule has 106 valence electrons. The molecule has 0 aliphatic carbocycles. The highest BCUT2D eigenvalue weighted by Gasteiger charge is 2.06. The second-order valence-corrected chi connectivity index (χ2v) is 4.11. The highest BCUT2D eigenvalue weighted by atomic mass is 35.5. The van der Waals surface area contributed by atoms with Crippen LogP contribution in [0.15, 0.2) is 18.5 Å². The van der Waals surface area contributed by atoms with Crippen molar-refractivity contribution in [2.24, 2.45) is 7.05 Å². The Bertz CT molecular complexity index is 523. The maximum absolute atomic E-state index is 12.1. The number of rotatable bonds is 5. The minimum Gasteiger partial charge on any atom is -0.366 e. The van der Waals surface area contributed by atoms with E-state index < -0.39 is 6.43 Å². The predicted molar refractivity (Wildman–Crippen MR) is 70.8 cm³/mol. The van der Waals surface area contributed by atoms with Crippen molar-refractivity contribution in [2.45, 2.75) is 26.4 Å². The summed E-state index contributed by atoms with van der Waals surface area (Å²) >= 11 is 0. The summed E-state index contributed by atoms with van der Waals surface area (Å²) in [6.07, 6.45) is 0.812. The summed E-state index contributed by atoms with van der Waals surface area (Å²) in [5, 5.41) is 11.2. The topological polar surface area (TPSA) is 47.7 Å². The molecule has 0 spiro atoms. The van der Waals surface area contributed by atoms with Crippen molar-refractivity contribution >= 4 is 18.2 Å². The molecule has 0 aliphatic heterocycles. The van der Waals surface area contributed by atoms with Gasteiger partial charge in [0.15, 0.2) is 0 Å². The number of alkyl halides is 2. The van der Waals surface area contributed by atoms with Crippen LogP contribution in [-0.4, -0.2) is 26.0 Å². The molecule has 19 heavy (non-hydrogen) atoms. The number of hydrogen-bond donors (Lipinski definition) is 1. The average Bonchev–Trinajstić information content (AvgIpc) is 2.82. The standard InChI is InChI=1S/C11H15F2N5.ClH/c1-8-3-11(17(2)16-8)14-4-9-5-15-18(6-9)7-10(12)13;/h3,5-6,10,14H,4,7H2,1-2H3;1H. The van der Waals surface area contributed by atoms with Crippen LogP contribution in [0.1, 0.15) is 11.3 Å². The maximum atomic E-state index is 12.1. The first-order valence-corrected chi connectivity index (χ1v) is 5.58. The van der Waals surface area contributed by atoms with E-state index >= 15 is 0 Å². The summed E-state index contributed by atoms with van der Waals surface area (Å²) in [5.41, 5.74) is 1.78. The lowest BCUT2D eigenvalue weighted by Crippen LogP contribution is -2.07. The summed E-state index contributed by atoms with van der Waals surface area (Å²) in [6, 6.07) is 1.92. The first-order valence-electron chi connectivity index (χ1n) is 5.58. The lowest BCUT2D eigenvalue weighted by Gasteiger charge is -2.04. The molecule has 0 amide bonds. The Labute approximate surface area is 116 Å². The normalized spacial score (nSPS) is 10.6. The molecule has 0 saturated carbocycles. The Balaban J connectivity index is 0.00000180. The smallest absolute Gasteiger partial charge is 0.257 e. The SMILES string of the molecule is Cc1cc(NCc2cnn(CC(F)F)c2)n(C)n1.Cl. The van der Waals surface area contributed by atoms with E-state index in [1.54, 1.807) is 17.1 Å². The molecule has 0 fully saturated rings. The highest BCUT2D eigenvalue weighted by Crippen LogP contribution is 2.10. The van der Waals surface area contributed by atoms with Crippen LogP contribution in [-0.2, 0) is 20.1 Å². The Kier molecular flexibility index (Phi) is 5.29. The van der Waals surface area contributed by atoms with Crippen LogP contribution in [0.5, 0.6) is 0 Å². The van der Waals surface area contributed by atoms with Crippen LogP contribution in [0.4, 0.5) is 14.6 Å². The average molecular weight is 292 g/mol. The summed E-state index contributed by atoms with van der Waals surface area (Å²) in [6.45, 7) is 2.07. The van der Waals surface area contributed by atoms with Gasteiger partial charge in [0.2, 0.25) is 0 Å². The van der Waals surface area contributed by atoms with Gasteiger partial charge in [0.05, 0.1) is 11.9 Å². The van der Waals surface area contributed by atoms with Gasteiger partial charge in [-0.15, -0.1) is 12.4 Å². The van der Waals surface area contributed by atoms with Crippen molar-refractivity contribution in [3.8, 4) is 0 Å². The molecule has 5 nitrogen and oxygen atoms in total. The van der Waals surface area contributed by atoms with E-state index in [2.05, 4.69) is 15.5 Å². The molecule has 2 aromatic rings. The third-order valence-corrected chi connectivity index (χ3v) is 2.49. The molecule has 0 saturated heterocycles. The zero-order valence-electron chi connectivity index (χ0n) is 10.7. The number of nitrogens with one attached hydrogen (secondary N) is 1. The van der Waals surface area contributed by atoms with Crippen molar-refractivity contribution in [2.75, 3.05) is 5.32 Å². The number of aromatic nitrogens is 4. The minimum atomic E-state index is -2.38. The second-order valence-electron chi connectivity index (χ2n) is 4.11. The molecule has 8 heteroatoms. The van der Waals surface area contributed by atoms with Gasteiger partial charge in [0.25, 0.3) is 6.43 Å². The van der Waals surface area contributed by atoms with E-state index in [0.717, 1.165) is 17.1 Å². The third kappa shape index (κ3) is 4.20. The maximum Gasteiger partial charge on any atom is 0.257 e. The van der Waals surface area contributed by atoms with Crippen LogP contribution < -0.4 is 5.32 Å². The highest BCUT2D eigenvalue weighted by molar-refractivity contribution is 5.85. The third-order valence-electron chi connectivity index (χ3n) is 2.49. The lowest BCUT2D eigenvalue weighted by atomic mass is 10.3. The van der Waals surface area contributed by atoms with Crippen molar-refractivity contribution in [3.63, 3.8) is 0 Å². The van der Waals surface area contributed by atoms with E-state index in [0.29, 0.717) is 6.54 Å². The molecule has 2 rings (SSSR count). The van der Waals surface area contributed by atoms with E-state index in [1.807, 2.05) is 20.0 Å². The monoisotopic (exact) mass is 291 g/mol. The zero-order valence-corrected chi connectivity index (χ0v) is 11.5. The van der Waals surface area contributed by atoms with Crippen molar-refractivity contribution in [1.29, 1.82) is 0 Å². The van der Waals surface area contributed by atoms with Crippen LogP contribution in [0.3, 0.4) is 0 Å². The molecule has 1 N–H and O–H groups in total. The Hall–Kier alpha value is -1.63. The number of anilines is 1. The van der Waals surface area contributed by atoms with Gasteiger partial charge >= 0.3 is 0 Å². The largest absolute Gasteiger partial charge is 0.366 e. The van der Waals surface area contributed by atoms with Crippen LogP contribution in [0.25, 0.3) is 0 Å². The Morgan fingerprint density at radius 3 is 2.74 bits per heavy atom. The van der Waals surface area contributed by atoms with Crippen molar-refractivity contribution < 1.29 is 8.78 Å². The first kappa shape index (κ1) is 15.4. The number of halogens is 3. The van der Waals surface area contributed by atoms with Gasteiger partial charge in [-0.25, -0.2) is 8.78 Å². The van der Waals surface area contributed by atoms with E-state index in [9.17, 15) is 8.78 Å². The van der Waals surface area contributed by atoms with Crippen LogP contribution in [0.2, 0.25) is 0 Å². The fourth-order valence-corrected chi connectivity index (χ4v) is 1.71. The van der Waals surface area contributed by atoms with Gasteiger partial charge in [0.1, 0.15) is 12.4 Å². The summed E-state index contributed by atoms with van der Waals surface area (Å²) < 4.78 is 27.3. The zero-order chi connectivity index (χ0) is 13.1. The molecule has 0 aromatic carbocycles. The van der Waals surface area contributed by atoms with E-state index in [1.165, 1.54) is 4.68 Å². The number of hydrogen-bond acceptors (Lipinski definition) is 3. The lowest BCUT2D eigenvalue weighted by molar-refractivity contribution is 0.122. The Morgan fingerprint density at radius 2 is 2.16 bits per heavy atom. The van der Waals surface area contributed by atoms with Crippen LogP contribution in [0, 0.1) is 6.92 Å². The van der Waals surface area contributed by atoms with Gasteiger partial charge in [-0.1, -0.05) is 0 Å². The van der Waals surface area contributed by atoms with E-state index in [4.69, 9.17) is 0 Å². The molecule has 2 aromatic heterocycles. The van der Waals surface area contributed by atoms with Gasteiger partial charge in [-0.3, -0.25) is 9.36 Å². The molecule has 0 aliphatic rings. The molecule has 0 radical (unpaired) electrons. The van der Waals surface area contributed by atoms with Crippen molar-refractivity contribution in [3.05, 3.63) is 29.7 Å². The molecule has 0 bridgehead atoms. The molecular weight excluding hydrogens is 276 g/mol. The minimum absolute atomic E-state index is 0. The molecule has 2 heterocycles. The quantitative estimate of drug-likeness (QED) is 0.919. The molecule has 0 unspecified atom stereocenters. The van der Waals surface area contributed by atoms with Gasteiger partial charge in [-0.05, 0) is 6.92 Å². The van der Waals surface area contributed by atoms with Crippen molar-refractivity contribution in [1.82, 2.24) is 19.6 Å². The summed E-state index contributed by atoms with van der Waals surface area (Å²) in [4.78, 5) is 0. The fraction of sp³-hybridized carbons (Fsp3) is 0.455. The molecule has 0 atom stereocenters. The first-order chi connectivity index (χ1) is 8.54. The fourth-order valence-electron chi connectivity index (χ4n) is 1.71. The molecular formula is C11H16ClF2N5. The summed E-state index contributed by atoms with van der Waals surface area (Å²) in [5.74, 6) is 0.883. The van der Waals surface area contributed by atoms with Gasteiger partial charge < -0.3 is 5.32 Å². The predicted octanol–water partition coefficient (Wildman–Crippen LogP) is 2.22.